The average Bonchev–Trinajstić information content (AvgIpc) is 2.16. The van der Waals surface area contributed by atoms with Gasteiger partial charge in [-0.1, -0.05) is 0 Å². The first-order valence-corrected chi connectivity index (χ1v) is 3.53. The van der Waals surface area contributed by atoms with Gasteiger partial charge in [0.15, 0.2) is 0 Å². The van der Waals surface area contributed by atoms with Crippen LogP contribution in [0, 0.1) is 0 Å². The van der Waals surface area contributed by atoms with Crippen LogP contribution in [0.3, 0.4) is 0 Å². The molecule has 0 bridgehead atoms. The van der Waals surface area contributed by atoms with Crippen molar-refractivity contribution in [2.24, 2.45) is 0 Å². The van der Waals surface area contributed by atoms with Crippen LogP contribution in [-0.4, -0.2) is 37.6 Å². The molecule has 54 valence electrons. The van der Waals surface area contributed by atoms with Gasteiger partial charge in [0.1, 0.15) is 0 Å². The van der Waals surface area contributed by atoms with Crippen molar-refractivity contribution in [3.8, 4) is 0 Å². The van der Waals surface area contributed by atoms with Gasteiger partial charge >= 0.3 is 0 Å². The molecule has 1 heterocycles. The Kier molecular flexibility index (Phi) is 1.78. The maximum Gasteiger partial charge on any atom is 0.0311 e. The molecule has 2 heteroatoms. The summed E-state index contributed by atoms with van der Waals surface area (Å²) in [6.45, 7) is 4.61. The first kappa shape index (κ1) is 7.03. The fraction of sp³-hybridized carbons (Fsp3) is 1.00. The minimum atomic E-state index is 0.417. The lowest BCUT2D eigenvalue weighted by atomic mass is 10.0. The van der Waals surface area contributed by atoms with E-state index >= 15 is 0 Å². The molecule has 1 rings (SSSR count). The van der Waals surface area contributed by atoms with E-state index in [1.165, 1.54) is 13.0 Å². The maximum atomic E-state index is 3.35. The lowest BCUT2D eigenvalue weighted by molar-refractivity contribution is 0.196. The quantitative estimate of drug-likeness (QED) is 0.546. The molecule has 0 aromatic carbocycles. The minimum Gasteiger partial charge on any atom is -0.315 e. The lowest BCUT2D eigenvalue weighted by Crippen LogP contribution is -2.42. The highest BCUT2D eigenvalue weighted by molar-refractivity contribution is 4.90. The Hall–Kier alpha value is -0.0800. The van der Waals surface area contributed by atoms with Gasteiger partial charge in [-0.3, -0.25) is 0 Å². The Labute approximate surface area is 57.2 Å². The molecule has 9 heavy (non-hydrogen) atoms. The van der Waals surface area contributed by atoms with Gasteiger partial charge in [-0.2, -0.15) is 0 Å². The Morgan fingerprint density at radius 2 is 2.11 bits per heavy atom. The van der Waals surface area contributed by atoms with Crippen molar-refractivity contribution in [3.63, 3.8) is 0 Å². The second kappa shape index (κ2) is 2.27. The van der Waals surface area contributed by atoms with Crippen molar-refractivity contribution in [3.05, 3.63) is 0 Å². The van der Waals surface area contributed by atoms with Gasteiger partial charge in [-0.25, -0.2) is 0 Å². The molecule has 2 nitrogen and oxygen atoms in total. The van der Waals surface area contributed by atoms with E-state index in [4.69, 9.17) is 0 Å². The van der Waals surface area contributed by atoms with Crippen molar-refractivity contribution >= 4 is 0 Å². The summed E-state index contributed by atoms with van der Waals surface area (Å²) in [6.07, 6.45) is 1.28. The lowest BCUT2D eigenvalue weighted by Gasteiger charge is -2.30. The fourth-order valence-corrected chi connectivity index (χ4v) is 1.19. The Bertz CT molecular complexity index is 93.1. The molecule has 1 N–H and O–H groups in total. The molecule has 1 saturated heterocycles. The van der Waals surface area contributed by atoms with Crippen molar-refractivity contribution in [1.29, 1.82) is 0 Å². The molecule has 0 aromatic heterocycles. The van der Waals surface area contributed by atoms with Gasteiger partial charge in [0.2, 0.25) is 0 Å². The van der Waals surface area contributed by atoms with E-state index in [0.717, 1.165) is 6.54 Å². The van der Waals surface area contributed by atoms with Gasteiger partial charge in [0.05, 0.1) is 0 Å². The summed E-state index contributed by atoms with van der Waals surface area (Å²) in [7, 11) is 4.29. The third-order valence-corrected chi connectivity index (χ3v) is 2.43. The minimum absolute atomic E-state index is 0.417. The van der Waals surface area contributed by atoms with Gasteiger partial charge in [0, 0.05) is 12.1 Å². The van der Waals surface area contributed by atoms with Crippen LogP contribution in [0.2, 0.25) is 0 Å². The van der Waals surface area contributed by atoms with Crippen LogP contribution in [0.1, 0.15) is 13.3 Å². The topological polar surface area (TPSA) is 15.3 Å². The van der Waals surface area contributed by atoms with Crippen LogP contribution in [0.15, 0.2) is 0 Å². The number of hydrogen-bond donors (Lipinski definition) is 1. The highest BCUT2D eigenvalue weighted by Gasteiger charge is 2.29. The molecular weight excluding hydrogens is 112 g/mol. The van der Waals surface area contributed by atoms with Crippen LogP contribution < -0.4 is 5.32 Å². The third-order valence-electron chi connectivity index (χ3n) is 2.43. The van der Waals surface area contributed by atoms with Crippen molar-refractivity contribution in [2.75, 3.05) is 27.2 Å². The molecule has 0 radical (unpaired) electrons. The predicted octanol–water partition coefficient (Wildman–Crippen LogP) is 0.300. The first-order valence-electron chi connectivity index (χ1n) is 3.53. The van der Waals surface area contributed by atoms with Gasteiger partial charge < -0.3 is 10.2 Å². The second-order valence-corrected chi connectivity index (χ2v) is 3.32. The van der Waals surface area contributed by atoms with Gasteiger partial charge in [0.25, 0.3) is 0 Å². The third kappa shape index (κ3) is 1.25. The number of nitrogens with one attached hydrogen (secondary N) is 1. The summed E-state index contributed by atoms with van der Waals surface area (Å²) in [5.74, 6) is 0. The van der Waals surface area contributed by atoms with Crippen molar-refractivity contribution in [2.45, 2.75) is 18.9 Å². The van der Waals surface area contributed by atoms with E-state index in [-0.39, 0.29) is 0 Å². The summed E-state index contributed by atoms with van der Waals surface area (Å²) in [4.78, 5) is 2.30. The van der Waals surface area contributed by atoms with Crippen molar-refractivity contribution < 1.29 is 0 Å². The smallest absolute Gasteiger partial charge is 0.0311 e. The Balaban J connectivity index is 2.51. The molecule has 0 amide bonds. The fourth-order valence-electron chi connectivity index (χ4n) is 1.19. The first-order chi connectivity index (χ1) is 4.15. The molecule has 1 aliphatic rings. The standard InChI is InChI=1S/C7H16N2/c1-7(9(2)3)4-5-8-6-7/h8H,4-6H2,1-3H3/t7-/m0/s1. The van der Waals surface area contributed by atoms with E-state index in [1.807, 2.05) is 0 Å². The largest absolute Gasteiger partial charge is 0.315 e. The highest BCUT2D eigenvalue weighted by Crippen LogP contribution is 2.18. The molecule has 0 aliphatic carbocycles. The number of hydrogen-bond acceptors (Lipinski definition) is 2. The summed E-state index contributed by atoms with van der Waals surface area (Å²) < 4.78 is 0. The second-order valence-electron chi connectivity index (χ2n) is 3.32. The zero-order valence-corrected chi connectivity index (χ0v) is 6.57. The summed E-state index contributed by atoms with van der Waals surface area (Å²) in [5, 5.41) is 3.35. The van der Waals surface area contributed by atoms with Crippen LogP contribution >= 0.6 is 0 Å². The average molecular weight is 128 g/mol. The van der Waals surface area contributed by atoms with Crippen LogP contribution in [-0.2, 0) is 0 Å². The number of likely N-dealkylation sites (N-methyl/N-ethyl adjacent to an activating group) is 1. The molecule has 1 fully saturated rings. The predicted molar refractivity (Wildman–Crippen MR) is 39.6 cm³/mol. The molecular formula is C7H16N2. The summed E-state index contributed by atoms with van der Waals surface area (Å²) in [5.41, 5.74) is 0.417. The molecule has 0 saturated carbocycles. The van der Waals surface area contributed by atoms with E-state index in [0.29, 0.717) is 5.54 Å². The van der Waals surface area contributed by atoms with Gasteiger partial charge in [-0.15, -0.1) is 0 Å². The highest BCUT2D eigenvalue weighted by atomic mass is 15.2. The van der Waals surface area contributed by atoms with Crippen LogP contribution in [0.4, 0.5) is 0 Å². The molecule has 0 unspecified atom stereocenters. The van der Waals surface area contributed by atoms with E-state index < -0.39 is 0 Å². The van der Waals surface area contributed by atoms with Crippen molar-refractivity contribution in [1.82, 2.24) is 10.2 Å². The van der Waals surface area contributed by atoms with E-state index in [9.17, 15) is 0 Å². The number of nitrogens with zero attached hydrogens (tertiary/aromatic N) is 1. The molecule has 1 atom stereocenters. The summed E-state index contributed by atoms with van der Waals surface area (Å²) in [6, 6.07) is 0. The van der Waals surface area contributed by atoms with Crippen LogP contribution in [0.5, 0.6) is 0 Å². The normalized spacial score (nSPS) is 36.0. The van der Waals surface area contributed by atoms with Crippen LogP contribution in [0.25, 0.3) is 0 Å². The van der Waals surface area contributed by atoms with Gasteiger partial charge in [-0.05, 0) is 34.0 Å². The Morgan fingerprint density at radius 1 is 1.44 bits per heavy atom. The monoisotopic (exact) mass is 128 g/mol. The molecule has 1 aliphatic heterocycles. The molecule has 0 spiro atoms. The van der Waals surface area contributed by atoms with E-state index in [1.54, 1.807) is 0 Å². The number of rotatable bonds is 1. The zero-order valence-electron chi connectivity index (χ0n) is 6.57. The maximum absolute atomic E-state index is 3.35. The summed E-state index contributed by atoms with van der Waals surface area (Å²) >= 11 is 0. The Morgan fingerprint density at radius 3 is 2.33 bits per heavy atom. The zero-order chi connectivity index (χ0) is 6.91. The molecule has 0 aromatic rings. The van der Waals surface area contributed by atoms with E-state index in [2.05, 4.69) is 31.2 Å². The SMILES string of the molecule is CN(C)[C@@]1(C)CCNC1.